The molecule has 2 aliphatic rings. The lowest BCUT2D eigenvalue weighted by atomic mass is 9.79. The Kier molecular flexibility index (Phi) is 5.84. The molecule has 0 aliphatic heterocycles. The highest BCUT2D eigenvalue weighted by molar-refractivity contribution is 4.79. The average molecular weight is 238 g/mol. The van der Waals surface area contributed by atoms with E-state index in [2.05, 4.69) is 0 Å². The van der Waals surface area contributed by atoms with E-state index >= 15 is 0 Å². The maximum Gasteiger partial charge on any atom is 0.0596 e. The molecule has 1 N–H and O–H groups in total. The minimum Gasteiger partial charge on any atom is -0.393 e. The molecule has 2 saturated carbocycles. The van der Waals surface area contributed by atoms with Crippen molar-refractivity contribution in [3.8, 4) is 0 Å². The molecule has 0 saturated heterocycles. The summed E-state index contributed by atoms with van der Waals surface area (Å²) in [5, 5.41) is 10.6. The summed E-state index contributed by atoms with van der Waals surface area (Å²) in [4.78, 5) is 0. The second-order valence-electron chi connectivity index (χ2n) is 6.35. The second-order valence-corrected chi connectivity index (χ2v) is 6.35. The summed E-state index contributed by atoms with van der Waals surface area (Å²) in [6.07, 6.45) is 17.6. The summed E-state index contributed by atoms with van der Waals surface area (Å²) in [5.74, 6) is 1.25. The first-order chi connectivity index (χ1) is 8.38. The molecular weight excluding hydrogens is 208 g/mol. The molecule has 17 heavy (non-hydrogen) atoms. The van der Waals surface area contributed by atoms with Crippen molar-refractivity contribution in [2.45, 2.75) is 89.6 Å². The molecule has 100 valence electrons. The van der Waals surface area contributed by atoms with Gasteiger partial charge in [-0.25, -0.2) is 0 Å². The first-order valence-electron chi connectivity index (χ1n) is 8.06. The SMILES string of the molecule is OC(C1CCCCCCC1)C1CCCCCC1. The molecule has 2 fully saturated rings. The number of aliphatic hydroxyl groups excluding tert-OH is 1. The third kappa shape index (κ3) is 4.28. The molecule has 0 amide bonds. The quantitative estimate of drug-likeness (QED) is 0.693. The van der Waals surface area contributed by atoms with Crippen LogP contribution >= 0.6 is 0 Å². The molecule has 0 heterocycles. The fraction of sp³-hybridized carbons (Fsp3) is 1.00. The Hall–Kier alpha value is -0.0400. The van der Waals surface area contributed by atoms with Gasteiger partial charge in [0.05, 0.1) is 6.10 Å². The van der Waals surface area contributed by atoms with E-state index < -0.39 is 0 Å². The van der Waals surface area contributed by atoms with Crippen LogP contribution in [0.2, 0.25) is 0 Å². The van der Waals surface area contributed by atoms with Gasteiger partial charge in [-0.15, -0.1) is 0 Å². The van der Waals surface area contributed by atoms with E-state index in [1.165, 1.54) is 83.5 Å². The minimum absolute atomic E-state index is 0.0196. The zero-order valence-corrected chi connectivity index (χ0v) is 11.4. The van der Waals surface area contributed by atoms with E-state index in [-0.39, 0.29) is 6.10 Å². The maximum absolute atomic E-state index is 10.6. The van der Waals surface area contributed by atoms with Gasteiger partial charge in [-0.2, -0.15) is 0 Å². The molecule has 0 radical (unpaired) electrons. The smallest absolute Gasteiger partial charge is 0.0596 e. The Morgan fingerprint density at radius 3 is 1.18 bits per heavy atom. The van der Waals surface area contributed by atoms with Crippen molar-refractivity contribution < 1.29 is 5.11 Å². The Balaban J connectivity index is 1.84. The molecule has 1 heteroatoms. The van der Waals surface area contributed by atoms with Crippen molar-refractivity contribution in [2.75, 3.05) is 0 Å². The van der Waals surface area contributed by atoms with Gasteiger partial charge in [0.1, 0.15) is 0 Å². The van der Waals surface area contributed by atoms with E-state index in [4.69, 9.17) is 0 Å². The largest absolute Gasteiger partial charge is 0.393 e. The summed E-state index contributed by atoms with van der Waals surface area (Å²) in [5.41, 5.74) is 0. The van der Waals surface area contributed by atoms with Crippen LogP contribution in [0.25, 0.3) is 0 Å². The number of hydrogen-bond acceptors (Lipinski definition) is 1. The maximum atomic E-state index is 10.6. The standard InChI is InChI=1S/C16H30O/c17-16(15-12-8-4-5-9-13-15)14-10-6-2-1-3-7-11-14/h14-17H,1-13H2. The molecule has 0 aromatic rings. The number of rotatable bonds is 2. The van der Waals surface area contributed by atoms with Gasteiger partial charge in [0.25, 0.3) is 0 Å². The average Bonchev–Trinajstić information content (AvgIpc) is 2.56. The van der Waals surface area contributed by atoms with Crippen molar-refractivity contribution in [1.29, 1.82) is 0 Å². The fourth-order valence-corrected chi connectivity index (χ4v) is 3.87. The van der Waals surface area contributed by atoms with Gasteiger partial charge in [0, 0.05) is 0 Å². The van der Waals surface area contributed by atoms with Crippen molar-refractivity contribution in [3.63, 3.8) is 0 Å². The van der Waals surface area contributed by atoms with Gasteiger partial charge in [-0.3, -0.25) is 0 Å². The first-order valence-corrected chi connectivity index (χ1v) is 8.06. The summed E-state index contributed by atoms with van der Waals surface area (Å²) >= 11 is 0. The summed E-state index contributed by atoms with van der Waals surface area (Å²) < 4.78 is 0. The van der Waals surface area contributed by atoms with E-state index in [0.717, 1.165) is 0 Å². The van der Waals surface area contributed by atoms with Crippen LogP contribution in [0.15, 0.2) is 0 Å². The molecule has 0 spiro atoms. The zero-order chi connectivity index (χ0) is 11.9. The van der Waals surface area contributed by atoms with Gasteiger partial charge in [-0.05, 0) is 37.5 Å². The molecule has 0 aromatic heterocycles. The van der Waals surface area contributed by atoms with Crippen molar-refractivity contribution >= 4 is 0 Å². The predicted molar refractivity (Wildman–Crippen MR) is 73.0 cm³/mol. The van der Waals surface area contributed by atoms with E-state index in [9.17, 15) is 5.11 Å². The lowest BCUT2D eigenvalue weighted by Crippen LogP contribution is -2.29. The van der Waals surface area contributed by atoms with Crippen LogP contribution < -0.4 is 0 Å². The summed E-state index contributed by atoms with van der Waals surface area (Å²) in [6, 6.07) is 0. The van der Waals surface area contributed by atoms with Crippen molar-refractivity contribution in [1.82, 2.24) is 0 Å². The Morgan fingerprint density at radius 2 is 0.824 bits per heavy atom. The Labute approximate surface area is 107 Å². The zero-order valence-electron chi connectivity index (χ0n) is 11.4. The topological polar surface area (TPSA) is 20.2 Å². The molecule has 0 aromatic carbocycles. The summed E-state index contributed by atoms with van der Waals surface area (Å²) in [6.45, 7) is 0. The van der Waals surface area contributed by atoms with Crippen LogP contribution in [0, 0.1) is 11.8 Å². The van der Waals surface area contributed by atoms with E-state index in [1.54, 1.807) is 0 Å². The van der Waals surface area contributed by atoms with Gasteiger partial charge in [0.2, 0.25) is 0 Å². The normalized spacial score (nSPS) is 28.1. The molecule has 1 unspecified atom stereocenters. The Morgan fingerprint density at radius 1 is 0.529 bits per heavy atom. The van der Waals surface area contributed by atoms with Gasteiger partial charge < -0.3 is 5.11 Å². The highest BCUT2D eigenvalue weighted by atomic mass is 16.3. The van der Waals surface area contributed by atoms with Gasteiger partial charge in [0.15, 0.2) is 0 Å². The lowest BCUT2D eigenvalue weighted by molar-refractivity contribution is 0.0317. The molecule has 1 nitrogen and oxygen atoms in total. The number of hydrogen-bond donors (Lipinski definition) is 1. The monoisotopic (exact) mass is 238 g/mol. The third-order valence-corrected chi connectivity index (χ3v) is 5.02. The molecular formula is C16H30O. The molecule has 1 atom stereocenters. The summed E-state index contributed by atoms with van der Waals surface area (Å²) in [7, 11) is 0. The van der Waals surface area contributed by atoms with Crippen LogP contribution in [0.5, 0.6) is 0 Å². The second kappa shape index (κ2) is 7.41. The highest BCUT2D eigenvalue weighted by Crippen LogP contribution is 2.33. The lowest BCUT2D eigenvalue weighted by Gasteiger charge is -2.30. The number of aliphatic hydroxyl groups is 1. The van der Waals surface area contributed by atoms with E-state index in [1.807, 2.05) is 0 Å². The van der Waals surface area contributed by atoms with Crippen molar-refractivity contribution in [3.05, 3.63) is 0 Å². The van der Waals surface area contributed by atoms with Crippen molar-refractivity contribution in [2.24, 2.45) is 11.8 Å². The van der Waals surface area contributed by atoms with Gasteiger partial charge in [-0.1, -0.05) is 57.8 Å². The predicted octanol–water partition coefficient (Wildman–Crippen LogP) is 4.68. The van der Waals surface area contributed by atoms with E-state index in [0.29, 0.717) is 11.8 Å². The highest BCUT2D eigenvalue weighted by Gasteiger charge is 2.28. The van der Waals surface area contributed by atoms with Crippen LogP contribution in [0.1, 0.15) is 83.5 Å². The third-order valence-electron chi connectivity index (χ3n) is 5.02. The molecule has 0 bridgehead atoms. The fourth-order valence-electron chi connectivity index (χ4n) is 3.87. The van der Waals surface area contributed by atoms with Crippen LogP contribution in [-0.2, 0) is 0 Å². The minimum atomic E-state index is 0.0196. The Bertz CT molecular complexity index is 186. The van der Waals surface area contributed by atoms with Crippen LogP contribution in [0.4, 0.5) is 0 Å². The first kappa shape index (κ1) is 13.4. The molecule has 2 aliphatic carbocycles. The van der Waals surface area contributed by atoms with Gasteiger partial charge >= 0.3 is 0 Å². The molecule has 2 rings (SSSR count). The van der Waals surface area contributed by atoms with Crippen LogP contribution in [0.3, 0.4) is 0 Å². The van der Waals surface area contributed by atoms with Crippen LogP contribution in [-0.4, -0.2) is 11.2 Å².